The summed E-state index contributed by atoms with van der Waals surface area (Å²) in [5.74, 6) is -0.404. The van der Waals surface area contributed by atoms with Gasteiger partial charge in [0.25, 0.3) is 11.8 Å². The Bertz CT molecular complexity index is 1190. The molecule has 9 nitrogen and oxygen atoms in total. The third-order valence-electron chi connectivity index (χ3n) is 7.52. The number of hydrogen-bond donors (Lipinski definition) is 3. The molecule has 1 saturated carbocycles. The Kier molecular flexibility index (Phi) is 8.73. The minimum Gasteiger partial charge on any atom is -0.381 e. The van der Waals surface area contributed by atoms with Crippen molar-refractivity contribution in [2.24, 2.45) is 5.92 Å². The number of carbonyl (C=O) groups excluding carboxylic acids is 3. The molecule has 5 rings (SSSR count). The predicted molar refractivity (Wildman–Crippen MR) is 145 cm³/mol. The fourth-order valence-corrected chi connectivity index (χ4v) is 4.95. The van der Waals surface area contributed by atoms with Gasteiger partial charge in [-0.05, 0) is 67.5 Å². The van der Waals surface area contributed by atoms with Gasteiger partial charge in [-0.15, -0.1) is 0 Å². The number of urea groups is 1. The summed E-state index contributed by atoms with van der Waals surface area (Å²) in [6, 6.07) is 11.5. The predicted octanol–water partition coefficient (Wildman–Crippen LogP) is 3.22. The molecular formula is C29H36FN5O4. The first-order chi connectivity index (χ1) is 18.9. The van der Waals surface area contributed by atoms with E-state index >= 15 is 0 Å². The van der Waals surface area contributed by atoms with E-state index < -0.39 is 11.8 Å². The van der Waals surface area contributed by atoms with Crippen molar-refractivity contribution in [3.8, 4) is 0 Å². The highest BCUT2D eigenvalue weighted by atomic mass is 19.1. The van der Waals surface area contributed by atoms with Crippen LogP contribution in [0.1, 0.15) is 52.0 Å². The number of carbonyl (C=O) groups is 3. The number of halogens is 1. The molecule has 208 valence electrons. The van der Waals surface area contributed by atoms with Crippen molar-refractivity contribution in [1.82, 2.24) is 20.4 Å². The van der Waals surface area contributed by atoms with Crippen LogP contribution in [0.4, 0.5) is 14.9 Å². The summed E-state index contributed by atoms with van der Waals surface area (Å²) in [5.41, 5.74) is 2.00. The first-order valence-electron chi connectivity index (χ1n) is 13.8. The van der Waals surface area contributed by atoms with Crippen LogP contribution in [0.3, 0.4) is 0 Å². The van der Waals surface area contributed by atoms with E-state index in [9.17, 15) is 18.8 Å². The Morgan fingerprint density at radius 2 is 1.69 bits per heavy atom. The maximum Gasteiger partial charge on any atom is 0.319 e. The minimum absolute atomic E-state index is 0.0494. The molecule has 0 aromatic heterocycles. The number of nitrogens with zero attached hydrogens (tertiary/aromatic N) is 2. The molecule has 3 fully saturated rings. The molecule has 2 saturated heterocycles. The highest BCUT2D eigenvalue weighted by Crippen LogP contribution is 2.27. The lowest BCUT2D eigenvalue weighted by molar-refractivity contribution is 0.0626. The Morgan fingerprint density at radius 1 is 0.923 bits per heavy atom. The molecular weight excluding hydrogens is 501 g/mol. The van der Waals surface area contributed by atoms with Crippen LogP contribution in [0.15, 0.2) is 42.5 Å². The number of nitrogens with one attached hydrogen (secondary N) is 3. The lowest BCUT2D eigenvalue weighted by Crippen LogP contribution is -2.48. The van der Waals surface area contributed by atoms with Crippen LogP contribution in [0.2, 0.25) is 0 Å². The highest BCUT2D eigenvalue weighted by Gasteiger charge is 2.24. The van der Waals surface area contributed by atoms with Crippen LogP contribution in [0.5, 0.6) is 0 Å². The van der Waals surface area contributed by atoms with Crippen molar-refractivity contribution in [3.05, 3.63) is 65.0 Å². The smallest absolute Gasteiger partial charge is 0.319 e. The van der Waals surface area contributed by atoms with Crippen molar-refractivity contribution in [1.29, 1.82) is 0 Å². The minimum atomic E-state index is -0.637. The molecule has 39 heavy (non-hydrogen) atoms. The third kappa shape index (κ3) is 7.54. The van der Waals surface area contributed by atoms with Gasteiger partial charge >= 0.3 is 6.03 Å². The summed E-state index contributed by atoms with van der Waals surface area (Å²) in [5, 5.41) is 8.35. The Balaban J connectivity index is 1.09. The second-order valence-electron chi connectivity index (χ2n) is 10.6. The zero-order valence-electron chi connectivity index (χ0n) is 22.1. The number of amides is 4. The van der Waals surface area contributed by atoms with Crippen LogP contribution in [0.25, 0.3) is 0 Å². The van der Waals surface area contributed by atoms with Crippen molar-refractivity contribution < 1.29 is 23.5 Å². The summed E-state index contributed by atoms with van der Waals surface area (Å²) in [7, 11) is 0. The fourth-order valence-electron chi connectivity index (χ4n) is 4.95. The van der Waals surface area contributed by atoms with Gasteiger partial charge < -0.3 is 25.6 Å². The first kappa shape index (κ1) is 27.1. The molecule has 1 aliphatic carbocycles. The van der Waals surface area contributed by atoms with E-state index in [2.05, 4.69) is 20.9 Å². The van der Waals surface area contributed by atoms with Crippen LogP contribution in [0, 0.1) is 11.7 Å². The van der Waals surface area contributed by atoms with Gasteiger partial charge in [0.1, 0.15) is 5.82 Å². The van der Waals surface area contributed by atoms with E-state index in [0.717, 1.165) is 31.2 Å². The monoisotopic (exact) mass is 537 g/mol. The number of ether oxygens (including phenoxy) is 1. The molecule has 0 unspecified atom stereocenters. The largest absolute Gasteiger partial charge is 0.381 e. The average molecular weight is 538 g/mol. The molecule has 0 bridgehead atoms. The van der Waals surface area contributed by atoms with E-state index in [0.29, 0.717) is 64.0 Å². The molecule has 4 amide bonds. The Morgan fingerprint density at radius 3 is 2.41 bits per heavy atom. The van der Waals surface area contributed by atoms with Gasteiger partial charge in [0.2, 0.25) is 0 Å². The van der Waals surface area contributed by atoms with Crippen molar-refractivity contribution in [2.45, 2.75) is 38.3 Å². The summed E-state index contributed by atoms with van der Waals surface area (Å²) in [6.45, 7) is 5.01. The van der Waals surface area contributed by atoms with E-state index in [-0.39, 0.29) is 29.1 Å². The lowest BCUT2D eigenvalue weighted by atomic mass is 10.1. The van der Waals surface area contributed by atoms with E-state index in [1.165, 1.54) is 12.1 Å². The van der Waals surface area contributed by atoms with Crippen LogP contribution in [-0.2, 0) is 11.3 Å². The maximum absolute atomic E-state index is 14.6. The number of anilines is 1. The summed E-state index contributed by atoms with van der Waals surface area (Å²) in [6.07, 6.45) is 3.89. The second-order valence-corrected chi connectivity index (χ2v) is 10.6. The standard InChI is InChI=1S/C29H36FN5O4/c30-25-17-23(6-7-26(25)33-29(38)31-18-20-4-5-20)28(37)35-12-10-34(11-13-35)19-21-2-1-3-22(16-21)27(36)32-24-8-14-39-15-9-24/h1-3,6-7,16-17,20,24H,4-5,8-15,18-19H2,(H,32,36)(H2,31,33,38). The number of piperazine rings is 1. The van der Waals surface area contributed by atoms with Crippen LogP contribution >= 0.6 is 0 Å². The summed E-state index contributed by atoms with van der Waals surface area (Å²) >= 11 is 0. The normalized spacial score (nSPS) is 18.4. The maximum atomic E-state index is 14.6. The zero-order chi connectivity index (χ0) is 27.2. The van der Waals surface area contributed by atoms with Crippen LogP contribution < -0.4 is 16.0 Å². The number of hydrogen-bond acceptors (Lipinski definition) is 5. The van der Waals surface area contributed by atoms with Gasteiger partial charge in [-0.2, -0.15) is 0 Å². The van der Waals surface area contributed by atoms with E-state index in [4.69, 9.17) is 4.74 Å². The van der Waals surface area contributed by atoms with Gasteiger partial charge in [0, 0.05) is 69.7 Å². The number of rotatable bonds is 8. The van der Waals surface area contributed by atoms with Gasteiger partial charge in [0.05, 0.1) is 5.69 Å². The van der Waals surface area contributed by atoms with Crippen LogP contribution in [-0.4, -0.2) is 79.6 Å². The third-order valence-corrected chi connectivity index (χ3v) is 7.52. The molecule has 2 aromatic carbocycles. The molecule has 0 spiro atoms. The fraction of sp³-hybridized carbons (Fsp3) is 0.483. The quantitative estimate of drug-likeness (QED) is 0.480. The molecule has 2 heterocycles. The second kappa shape index (κ2) is 12.6. The average Bonchev–Trinajstić information content (AvgIpc) is 3.78. The van der Waals surface area contributed by atoms with Gasteiger partial charge in [-0.25, -0.2) is 9.18 Å². The van der Waals surface area contributed by atoms with Gasteiger partial charge in [-0.3, -0.25) is 14.5 Å². The van der Waals surface area contributed by atoms with Gasteiger partial charge in [0.15, 0.2) is 0 Å². The molecule has 2 aliphatic heterocycles. The summed E-state index contributed by atoms with van der Waals surface area (Å²) < 4.78 is 20.0. The molecule has 3 N–H and O–H groups in total. The molecule has 0 atom stereocenters. The van der Waals surface area contributed by atoms with Gasteiger partial charge in [-0.1, -0.05) is 12.1 Å². The Labute approximate surface area is 228 Å². The topological polar surface area (TPSA) is 103 Å². The summed E-state index contributed by atoms with van der Waals surface area (Å²) in [4.78, 5) is 41.6. The zero-order valence-corrected chi connectivity index (χ0v) is 22.1. The number of benzene rings is 2. The van der Waals surface area contributed by atoms with E-state index in [1.807, 2.05) is 24.3 Å². The molecule has 3 aliphatic rings. The lowest BCUT2D eigenvalue weighted by Gasteiger charge is -2.35. The molecule has 0 radical (unpaired) electrons. The van der Waals surface area contributed by atoms with Crippen molar-refractivity contribution in [2.75, 3.05) is 51.3 Å². The Hall–Kier alpha value is -3.50. The first-order valence-corrected chi connectivity index (χ1v) is 13.8. The molecule has 2 aromatic rings. The van der Waals surface area contributed by atoms with E-state index in [1.54, 1.807) is 11.0 Å². The van der Waals surface area contributed by atoms with Crippen molar-refractivity contribution in [3.63, 3.8) is 0 Å². The molecule has 10 heteroatoms. The highest BCUT2D eigenvalue weighted by molar-refractivity contribution is 5.96. The SMILES string of the molecule is O=C(NCC1CC1)Nc1ccc(C(=O)N2CCN(Cc3cccc(C(=O)NC4CCOCC4)c3)CC2)cc1F. The van der Waals surface area contributed by atoms with Crippen molar-refractivity contribution >= 4 is 23.5 Å².